The smallest absolute Gasteiger partial charge is 0.410 e. The Kier molecular flexibility index (Phi) is 10.4. The lowest BCUT2D eigenvalue weighted by molar-refractivity contribution is -0.157. The van der Waals surface area contributed by atoms with Gasteiger partial charge in [0.1, 0.15) is 11.7 Å². The molecule has 33 heavy (non-hydrogen) atoms. The van der Waals surface area contributed by atoms with Gasteiger partial charge < -0.3 is 13.9 Å². The molecular weight excluding hydrogens is 434 g/mol. The molecule has 1 saturated heterocycles. The van der Waals surface area contributed by atoms with Gasteiger partial charge in [0.25, 0.3) is 0 Å². The third-order valence-corrected chi connectivity index (χ3v) is 10.8. The molecule has 6 nitrogen and oxygen atoms in total. The van der Waals surface area contributed by atoms with Crippen molar-refractivity contribution in [3.8, 4) is 0 Å². The van der Waals surface area contributed by atoms with Gasteiger partial charge in [0.05, 0.1) is 19.1 Å². The summed E-state index contributed by atoms with van der Waals surface area (Å²) in [5.74, 6) is -0.368. The number of carbonyl (C=O) groups excluding carboxylic acids is 2. The first-order valence-electron chi connectivity index (χ1n) is 12.0. The van der Waals surface area contributed by atoms with Crippen LogP contribution in [0.4, 0.5) is 4.79 Å². The quantitative estimate of drug-likeness (QED) is 0.199. The molecule has 1 heterocycles. The lowest BCUT2D eigenvalue weighted by Gasteiger charge is -2.38. The molecule has 2 unspecified atom stereocenters. The van der Waals surface area contributed by atoms with E-state index in [1.54, 1.807) is 4.90 Å². The summed E-state index contributed by atoms with van der Waals surface area (Å²) in [6.07, 6.45) is 5.25. The van der Waals surface area contributed by atoms with Crippen molar-refractivity contribution in [1.29, 1.82) is 0 Å². The first-order chi connectivity index (χ1) is 14.9. The van der Waals surface area contributed by atoms with Crippen molar-refractivity contribution < 1.29 is 23.5 Å². The highest BCUT2D eigenvalue weighted by molar-refractivity contribution is 6.74. The molecule has 190 valence electrons. The molecule has 0 spiro atoms. The Hall–Kier alpha value is -1.60. The van der Waals surface area contributed by atoms with Crippen LogP contribution in [0.2, 0.25) is 18.1 Å². The fourth-order valence-electron chi connectivity index (χ4n) is 3.20. The normalized spacial score (nSPS) is 20.0. The zero-order chi connectivity index (χ0) is 25.6. The summed E-state index contributed by atoms with van der Waals surface area (Å²) in [7, 11) is -2.04. The van der Waals surface area contributed by atoms with E-state index >= 15 is 0 Å². The number of hydrogen-bond donors (Lipinski definition) is 0. The number of ether oxygens (including phenoxy) is 2. The average molecular weight is 482 g/mol. The van der Waals surface area contributed by atoms with E-state index in [2.05, 4.69) is 66.8 Å². The molecule has 7 heteroatoms. The monoisotopic (exact) mass is 481 g/mol. The molecule has 0 N–H and O–H groups in total. The van der Waals surface area contributed by atoms with Gasteiger partial charge in [0.15, 0.2) is 8.32 Å². The molecule has 0 saturated carbocycles. The van der Waals surface area contributed by atoms with Gasteiger partial charge in [-0.25, -0.2) is 4.79 Å². The summed E-state index contributed by atoms with van der Waals surface area (Å²) < 4.78 is 17.6. The number of allylic oxidation sites excluding steroid dienone is 3. The van der Waals surface area contributed by atoms with Gasteiger partial charge in [-0.15, -0.1) is 0 Å². The molecule has 0 aromatic rings. The van der Waals surface area contributed by atoms with Gasteiger partial charge in [-0.1, -0.05) is 44.1 Å². The highest BCUT2D eigenvalue weighted by Crippen LogP contribution is 2.37. The number of cyclic esters (lactones) is 1. The van der Waals surface area contributed by atoms with Crippen molar-refractivity contribution in [2.24, 2.45) is 0 Å². The number of nitrogens with zero attached hydrogens (tertiary/aromatic N) is 1. The molecule has 1 amide bonds. The van der Waals surface area contributed by atoms with Crippen LogP contribution in [0.3, 0.4) is 0 Å². The van der Waals surface area contributed by atoms with Crippen molar-refractivity contribution in [3.05, 3.63) is 23.3 Å². The molecule has 1 rings (SSSR count). The Morgan fingerprint density at radius 2 is 1.70 bits per heavy atom. The molecule has 1 fully saturated rings. The molecule has 0 aromatic carbocycles. The summed E-state index contributed by atoms with van der Waals surface area (Å²) in [6.45, 7) is 23.5. The number of carbonyl (C=O) groups is 2. The van der Waals surface area contributed by atoms with Crippen molar-refractivity contribution >= 4 is 20.4 Å². The van der Waals surface area contributed by atoms with E-state index < -0.39 is 26.1 Å². The Labute approximate surface area is 202 Å². The van der Waals surface area contributed by atoms with E-state index in [0.29, 0.717) is 13.2 Å². The van der Waals surface area contributed by atoms with Gasteiger partial charge in [0, 0.05) is 6.54 Å². The van der Waals surface area contributed by atoms with E-state index in [1.165, 1.54) is 11.1 Å². The first kappa shape index (κ1) is 29.4. The van der Waals surface area contributed by atoms with E-state index in [0.717, 1.165) is 12.8 Å². The minimum Gasteiger partial charge on any atom is -0.460 e. The van der Waals surface area contributed by atoms with Gasteiger partial charge in [-0.3, -0.25) is 9.69 Å². The molecule has 0 radical (unpaired) electrons. The summed E-state index contributed by atoms with van der Waals surface area (Å²) >= 11 is 0. The topological polar surface area (TPSA) is 65.1 Å². The maximum atomic E-state index is 12.8. The number of rotatable bonds is 10. The standard InChI is InChI=1S/C26H47NO5Si/c1-19(2)13-12-14-20(3)15-16-27-21(18-30-33(10,11)26(7,8)9)22(31-24(27)29)17-23(28)32-25(4,5)6/h13,15,21-22H,12,14,16-18H2,1-11H3. The molecule has 0 bridgehead atoms. The largest absolute Gasteiger partial charge is 0.460 e. The van der Waals surface area contributed by atoms with E-state index in [-0.39, 0.29) is 23.5 Å². The Balaban J connectivity index is 3.00. The van der Waals surface area contributed by atoms with Crippen LogP contribution >= 0.6 is 0 Å². The zero-order valence-electron chi connectivity index (χ0n) is 22.8. The van der Waals surface area contributed by atoms with E-state index in [1.807, 2.05) is 20.8 Å². The molecule has 1 aliphatic heterocycles. The highest BCUT2D eigenvalue weighted by atomic mass is 28.4. The summed E-state index contributed by atoms with van der Waals surface area (Å²) in [6, 6.07) is -0.332. The fraction of sp³-hybridized carbons (Fsp3) is 0.769. The predicted molar refractivity (Wildman–Crippen MR) is 137 cm³/mol. The van der Waals surface area contributed by atoms with Crippen LogP contribution < -0.4 is 0 Å². The third-order valence-electron chi connectivity index (χ3n) is 6.25. The van der Waals surface area contributed by atoms with Crippen LogP contribution in [-0.2, 0) is 18.7 Å². The van der Waals surface area contributed by atoms with Gasteiger partial charge in [-0.05, 0) is 72.5 Å². The number of esters is 1. The second-order valence-corrected chi connectivity index (χ2v) is 16.7. The number of amides is 1. The molecular formula is C26H47NO5Si. The first-order valence-corrected chi connectivity index (χ1v) is 15.0. The van der Waals surface area contributed by atoms with Crippen LogP contribution in [-0.4, -0.2) is 56.2 Å². The van der Waals surface area contributed by atoms with Crippen LogP contribution in [0.15, 0.2) is 23.3 Å². The van der Waals surface area contributed by atoms with Gasteiger partial charge in [0.2, 0.25) is 0 Å². The Morgan fingerprint density at radius 3 is 2.21 bits per heavy atom. The molecule has 2 atom stereocenters. The third kappa shape index (κ3) is 10.0. The minimum atomic E-state index is -2.04. The van der Waals surface area contributed by atoms with Gasteiger partial charge >= 0.3 is 12.1 Å². The molecule has 0 aliphatic carbocycles. The summed E-state index contributed by atoms with van der Waals surface area (Å²) in [5.41, 5.74) is 1.94. The minimum absolute atomic E-state index is 0.0221. The summed E-state index contributed by atoms with van der Waals surface area (Å²) in [4.78, 5) is 27.0. The van der Waals surface area contributed by atoms with Crippen LogP contribution in [0.1, 0.15) is 81.6 Å². The van der Waals surface area contributed by atoms with E-state index in [4.69, 9.17) is 13.9 Å². The Morgan fingerprint density at radius 1 is 1.09 bits per heavy atom. The summed E-state index contributed by atoms with van der Waals surface area (Å²) in [5, 5.41) is 0.0450. The molecule has 1 aliphatic rings. The zero-order valence-corrected chi connectivity index (χ0v) is 23.8. The average Bonchev–Trinajstić information content (AvgIpc) is 2.89. The van der Waals surface area contributed by atoms with Gasteiger partial charge in [-0.2, -0.15) is 0 Å². The van der Waals surface area contributed by atoms with Crippen molar-refractivity contribution in [2.45, 2.75) is 117 Å². The highest BCUT2D eigenvalue weighted by Gasteiger charge is 2.45. The van der Waals surface area contributed by atoms with Crippen LogP contribution in [0, 0.1) is 0 Å². The maximum absolute atomic E-state index is 12.8. The lowest BCUT2D eigenvalue weighted by atomic mass is 10.1. The van der Waals surface area contributed by atoms with Crippen molar-refractivity contribution in [2.75, 3.05) is 13.2 Å². The predicted octanol–water partition coefficient (Wildman–Crippen LogP) is 6.62. The fourth-order valence-corrected chi connectivity index (χ4v) is 4.22. The Bertz CT molecular complexity index is 739. The van der Waals surface area contributed by atoms with Crippen LogP contribution in [0.25, 0.3) is 0 Å². The van der Waals surface area contributed by atoms with Crippen molar-refractivity contribution in [3.63, 3.8) is 0 Å². The van der Waals surface area contributed by atoms with Crippen LogP contribution in [0.5, 0.6) is 0 Å². The van der Waals surface area contributed by atoms with E-state index in [9.17, 15) is 9.59 Å². The van der Waals surface area contributed by atoms with Crippen molar-refractivity contribution in [1.82, 2.24) is 4.90 Å². The second kappa shape index (κ2) is 11.7. The SMILES string of the molecule is CC(C)=CCCC(C)=CCN1C(=O)OC(CC(=O)OC(C)(C)C)C1CO[Si](C)(C)C(C)(C)C. The molecule has 0 aromatic heterocycles. The maximum Gasteiger partial charge on any atom is 0.410 e. The number of hydrogen-bond acceptors (Lipinski definition) is 5. The second-order valence-electron chi connectivity index (χ2n) is 11.9. The lowest BCUT2D eigenvalue weighted by Crippen LogP contribution is -2.48.